The minimum atomic E-state index is -0.945. The second-order valence-corrected chi connectivity index (χ2v) is 3.27. The van der Waals surface area contributed by atoms with Crippen LogP contribution in [0.3, 0.4) is 0 Å². The highest BCUT2D eigenvalue weighted by Gasteiger charge is 2.12. The van der Waals surface area contributed by atoms with Crippen LogP contribution in [-0.2, 0) is 0 Å². The number of hydrogen-bond acceptors (Lipinski definition) is 4. The third-order valence-corrected chi connectivity index (χ3v) is 2.04. The van der Waals surface area contributed by atoms with Crippen LogP contribution in [0.2, 0.25) is 0 Å². The first-order valence-corrected chi connectivity index (χ1v) is 4.93. The van der Waals surface area contributed by atoms with E-state index in [4.69, 9.17) is 4.74 Å². The molecule has 7 heteroatoms. The summed E-state index contributed by atoms with van der Waals surface area (Å²) in [7, 11) is 1.54. The monoisotopic (exact) mass is 255 g/mol. The maximum atomic E-state index is 13.3. The van der Waals surface area contributed by atoms with Crippen LogP contribution in [0.1, 0.15) is 0 Å². The Morgan fingerprint density at radius 1 is 1.17 bits per heavy atom. The van der Waals surface area contributed by atoms with Gasteiger partial charge in [0.05, 0.1) is 6.20 Å². The number of ether oxygens (including phenoxy) is 1. The molecule has 0 bridgehead atoms. The molecule has 0 spiro atoms. The Morgan fingerprint density at radius 3 is 2.61 bits per heavy atom. The zero-order valence-electron chi connectivity index (χ0n) is 9.25. The van der Waals surface area contributed by atoms with E-state index in [1.165, 1.54) is 7.05 Å². The summed E-state index contributed by atoms with van der Waals surface area (Å²) in [5, 5.41) is 2.58. The molecule has 94 valence electrons. The van der Waals surface area contributed by atoms with Crippen molar-refractivity contribution in [2.45, 2.75) is 0 Å². The number of benzene rings is 1. The summed E-state index contributed by atoms with van der Waals surface area (Å²) in [6, 6.07) is 2.68. The van der Waals surface area contributed by atoms with Crippen LogP contribution >= 0.6 is 0 Å². The average Bonchev–Trinajstić information content (AvgIpc) is 2.35. The Hall–Kier alpha value is -2.31. The van der Waals surface area contributed by atoms with Crippen molar-refractivity contribution in [2.75, 3.05) is 12.4 Å². The van der Waals surface area contributed by atoms with Crippen molar-refractivity contribution in [3.05, 3.63) is 41.8 Å². The van der Waals surface area contributed by atoms with Crippen molar-refractivity contribution in [3.8, 4) is 11.6 Å². The van der Waals surface area contributed by atoms with E-state index in [-0.39, 0.29) is 11.7 Å². The first-order chi connectivity index (χ1) is 8.60. The van der Waals surface area contributed by atoms with E-state index in [0.717, 1.165) is 18.3 Å². The molecule has 2 aromatic rings. The van der Waals surface area contributed by atoms with Gasteiger partial charge in [-0.15, -0.1) is 0 Å². The van der Waals surface area contributed by atoms with Crippen LogP contribution in [0, 0.1) is 17.5 Å². The molecule has 0 aliphatic heterocycles. The average molecular weight is 255 g/mol. The highest BCUT2D eigenvalue weighted by atomic mass is 19.1. The molecule has 0 radical (unpaired) electrons. The minimum Gasteiger partial charge on any atom is -0.433 e. The van der Waals surface area contributed by atoms with Gasteiger partial charge in [0.25, 0.3) is 5.88 Å². The largest absolute Gasteiger partial charge is 0.433 e. The smallest absolute Gasteiger partial charge is 0.260 e. The maximum absolute atomic E-state index is 13.3. The Morgan fingerprint density at radius 2 is 1.94 bits per heavy atom. The zero-order valence-corrected chi connectivity index (χ0v) is 9.25. The minimum absolute atomic E-state index is 0.119. The molecule has 0 aliphatic carbocycles. The van der Waals surface area contributed by atoms with Gasteiger partial charge in [-0.1, -0.05) is 0 Å². The Bertz CT molecular complexity index is 577. The number of nitrogens with one attached hydrogen (secondary N) is 1. The molecule has 0 amide bonds. The van der Waals surface area contributed by atoms with Gasteiger partial charge in [-0.2, -0.15) is 9.37 Å². The lowest BCUT2D eigenvalue weighted by atomic mass is 10.3. The fourth-order valence-electron chi connectivity index (χ4n) is 1.21. The Kier molecular flexibility index (Phi) is 3.31. The number of anilines is 1. The fraction of sp³-hybridized carbons (Fsp3) is 0.0909. The van der Waals surface area contributed by atoms with Crippen molar-refractivity contribution in [3.63, 3.8) is 0 Å². The predicted molar refractivity (Wildman–Crippen MR) is 58.0 cm³/mol. The van der Waals surface area contributed by atoms with Crippen LogP contribution in [0.4, 0.5) is 19.1 Å². The van der Waals surface area contributed by atoms with Gasteiger partial charge in [-0.3, -0.25) is 0 Å². The Balaban J connectivity index is 2.33. The van der Waals surface area contributed by atoms with Gasteiger partial charge in [-0.25, -0.2) is 13.8 Å². The van der Waals surface area contributed by atoms with Crippen LogP contribution in [0.5, 0.6) is 11.6 Å². The van der Waals surface area contributed by atoms with Crippen molar-refractivity contribution >= 4 is 5.95 Å². The van der Waals surface area contributed by atoms with Gasteiger partial charge in [0.15, 0.2) is 11.6 Å². The standard InChI is InChI=1S/C11H8F3N3O/c1-15-11-16-5-8(14)10(17-11)18-9-3-2-6(12)4-7(9)13/h2-5H,1H3,(H,15,16,17). The lowest BCUT2D eigenvalue weighted by Gasteiger charge is -2.07. The van der Waals surface area contributed by atoms with Crippen LogP contribution in [0.25, 0.3) is 0 Å². The van der Waals surface area contributed by atoms with Crippen molar-refractivity contribution in [1.29, 1.82) is 0 Å². The lowest BCUT2D eigenvalue weighted by molar-refractivity contribution is 0.394. The van der Waals surface area contributed by atoms with Crippen LogP contribution < -0.4 is 10.1 Å². The molecule has 1 aromatic heterocycles. The Labute approximate surface area is 100 Å². The molecule has 4 nitrogen and oxygen atoms in total. The van der Waals surface area contributed by atoms with Gasteiger partial charge in [0, 0.05) is 13.1 Å². The molecule has 0 unspecified atom stereocenters. The van der Waals surface area contributed by atoms with E-state index in [0.29, 0.717) is 6.07 Å². The molecule has 1 aromatic carbocycles. The van der Waals surface area contributed by atoms with E-state index in [1.54, 1.807) is 0 Å². The topological polar surface area (TPSA) is 47.0 Å². The summed E-state index contributed by atoms with van der Waals surface area (Å²) in [4.78, 5) is 7.27. The van der Waals surface area contributed by atoms with Crippen molar-refractivity contribution in [2.24, 2.45) is 0 Å². The summed E-state index contributed by atoms with van der Waals surface area (Å²) in [5.41, 5.74) is 0. The molecule has 0 atom stereocenters. The molecule has 1 N–H and O–H groups in total. The molecule has 0 saturated carbocycles. The SMILES string of the molecule is CNc1ncc(F)c(Oc2ccc(F)cc2F)n1. The van der Waals surface area contributed by atoms with Crippen molar-refractivity contribution in [1.82, 2.24) is 9.97 Å². The summed E-state index contributed by atoms with van der Waals surface area (Å²) < 4.78 is 44.2. The quantitative estimate of drug-likeness (QED) is 0.916. The first kappa shape index (κ1) is 12.2. The van der Waals surface area contributed by atoms with E-state index in [1.807, 2.05) is 0 Å². The first-order valence-electron chi connectivity index (χ1n) is 4.93. The number of nitrogens with zero attached hydrogens (tertiary/aromatic N) is 2. The van der Waals surface area contributed by atoms with Gasteiger partial charge in [0.1, 0.15) is 5.82 Å². The van der Waals surface area contributed by atoms with Gasteiger partial charge < -0.3 is 10.1 Å². The number of halogens is 3. The molecular weight excluding hydrogens is 247 g/mol. The van der Waals surface area contributed by atoms with Gasteiger partial charge >= 0.3 is 0 Å². The highest BCUT2D eigenvalue weighted by Crippen LogP contribution is 2.25. The van der Waals surface area contributed by atoms with Gasteiger partial charge in [-0.05, 0) is 12.1 Å². The lowest BCUT2D eigenvalue weighted by Crippen LogP contribution is -2.01. The molecule has 0 saturated heterocycles. The fourth-order valence-corrected chi connectivity index (χ4v) is 1.21. The second kappa shape index (κ2) is 4.91. The number of rotatable bonds is 3. The van der Waals surface area contributed by atoms with E-state index in [2.05, 4.69) is 15.3 Å². The van der Waals surface area contributed by atoms with Crippen LogP contribution in [-0.4, -0.2) is 17.0 Å². The summed E-state index contributed by atoms with van der Waals surface area (Å²) in [6.45, 7) is 0. The summed E-state index contributed by atoms with van der Waals surface area (Å²) in [5.74, 6) is -3.19. The predicted octanol–water partition coefficient (Wildman–Crippen LogP) is 2.73. The van der Waals surface area contributed by atoms with Crippen LogP contribution in [0.15, 0.2) is 24.4 Å². The zero-order chi connectivity index (χ0) is 13.1. The van der Waals surface area contributed by atoms with E-state index in [9.17, 15) is 13.2 Å². The number of hydrogen-bond donors (Lipinski definition) is 1. The molecular formula is C11H8F3N3O. The summed E-state index contributed by atoms with van der Waals surface area (Å²) >= 11 is 0. The number of aromatic nitrogens is 2. The van der Waals surface area contributed by atoms with Gasteiger partial charge in [0.2, 0.25) is 11.8 Å². The summed E-state index contributed by atoms with van der Waals surface area (Å²) in [6.07, 6.45) is 0.885. The van der Waals surface area contributed by atoms with E-state index < -0.39 is 23.3 Å². The highest BCUT2D eigenvalue weighted by molar-refractivity contribution is 5.32. The van der Waals surface area contributed by atoms with E-state index >= 15 is 0 Å². The third-order valence-electron chi connectivity index (χ3n) is 2.04. The third kappa shape index (κ3) is 2.50. The molecule has 0 aliphatic rings. The molecule has 0 fully saturated rings. The normalized spacial score (nSPS) is 10.2. The molecule has 2 rings (SSSR count). The second-order valence-electron chi connectivity index (χ2n) is 3.27. The molecule has 18 heavy (non-hydrogen) atoms. The maximum Gasteiger partial charge on any atom is 0.260 e. The van der Waals surface area contributed by atoms with Crippen molar-refractivity contribution < 1.29 is 17.9 Å². The molecule has 1 heterocycles.